The average molecular weight is 1050 g/mol. The molecule has 0 amide bonds. The molecule has 1 unspecified atom stereocenters. The van der Waals surface area contributed by atoms with E-state index in [-0.39, 0.29) is 22.9 Å². The maximum atomic E-state index is 8.76. The van der Waals surface area contributed by atoms with E-state index >= 15 is 0 Å². The Hall–Kier alpha value is -1.56. The zero-order chi connectivity index (χ0) is 53.7. The Kier molecular flexibility index (Phi) is 29.7. The number of ether oxygens (including phenoxy) is 12. The second-order valence-electron chi connectivity index (χ2n) is 23.6. The average Bonchev–Trinajstić information content (AvgIpc) is 3.34. The van der Waals surface area contributed by atoms with E-state index in [4.69, 9.17) is 61.9 Å². The Morgan fingerprint density at radius 1 is 0.446 bits per heavy atom. The van der Waals surface area contributed by atoms with Gasteiger partial charge in [0.2, 0.25) is 0 Å². The van der Waals surface area contributed by atoms with E-state index < -0.39 is 0 Å². The van der Waals surface area contributed by atoms with E-state index in [1.807, 2.05) is 0 Å². The monoisotopic (exact) mass is 1050 g/mol. The van der Waals surface area contributed by atoms with Gasteiger partial charge in [0.15, 0.2) is 0 Å². The summed E-state index contributed by atoms with van der Waals surface area (Å²) >= 11 is 0. The molecule has 1 aromatic carbocycles. The molecule has 1 aromatic rings. The van der Waals surface area contributed by atoms with Crippen molar-refractivity contribution >= 4 is 0 Å². The topological polar surface area (TPSA) is 131 Å². The minimum atomic E-state index is 0.139. The van der Waals surface area contributed by atoms with Crippen LogP contribution in [0.2, 0.25) is 0 Å². The quantitative estimate of drug-likeness (QED) is 0.0543. The van der Waals surface area contributed by atoms with Crippen molar-refractivity contribution in [3.05, 3.63) is 48.0 Å². The van der Waals surface area contributed by atoms with Gasteiger partial charge in [0.1, 0.15) is 0 Å². The minimum absolute atomic E-state index is 0.139. The molecule has 7 heterocycles. The van der Waals surface area contributed by atoms with Crippen LogP contribution in [0, 0.1) is 43.8 Å². The Morgan fingerprint density at radius 2 is 0.743 bits per heavy atom. The first-order valence-corrected chi connectivity index (χ1v) is 29.1. The van der Waals surface area contributed by atoms with Gasteiger partial charge in [-0.15, -0.1) is 6.58 Å². The fraction of sp³-hybridized carbons (Fsp3) is 0.869. The van der Waals surface area contributed by atoms with Crippen molar-refractivity contribution in [1.82, 2.24) is 0 Å². The van der Waals surface area contributed by atoms with Crippen molar-refractivity contribution < 1.29 is 61.9 Å². The smallest absolute Gasteiger partial charge is 0.0717 e. The molecule has 0 spiro atoms. The van der Waals surface area contributed by atoms with Crippen LogP contribution in [0.3, 0.4) is 0 Å². The number of benzene rings is 1. The van der Waals surface area contributed by atoms with Crippen LogP contribution in [-0.4, -0.2) is 157 Å². The third-order valence-electron chi connectivity index (χ3n) is 17.4. The SMILES string of the molecule is C=CCOCC1(CC)COC1.CCC1(CO)COC1.CCC1(COCC2(CC)COC2)COC1.CCC1(COCc2ccc(COCC3(CC)COC3)cc2)COC1.CCCCC(CC)COCC1(CC)COC1. The van der Waals surface area contributed by atoms with E-state index in [0.29, 0.717) is 41.5 Å². The summed E-state index contributed by atoms with van der Waals surface area (Å²) in [5, 5.41) is 8.76. The van der Waals surface area contributed by atoms with Crippen molar-refractivity contribution in [3.63, 3.8) is 0 Å². The van der Waals surface area contributed by atoms with Gasteiger partial charge in [0.05, 0.1) is 159 Å². The van der Waals surface area contributed by atoms with E-state index in [1.165, 1.54) is 43.2 Å². The Bertz CT molecular complexity index is 1480. The number of hydrogen-bond acceptors (Lipinski definition) is 13. The molecule has 7 fully saturated rings. The van der Waals surface area contributed by atoms with Crippen molar-refractivity contribution in [1.29, 1.82) is 0 Å². The van der Waals surface area contributed by atoms with Gasteiger partial charge in [-0.25, -0.2) is 0 Å². The maximum Gasteiger partial charge on any atom is 0.0717 e. The minimum Gasteiger partial charge on any atom is -0.396 e. The summed E-state index contributed by atoms with van der Waals surface area (Å²) < 4.78 is 65.6. The second kappa shape index (κ2) is 33.8. The van der Waals surface area contributed by atoms with Gasteiger partial charge in [-0.1, -0.05) is 112 Å². The molecule has 13 nitrogen and oxygen atoms in total. The van der Waals surface area contributed by atoms with Crippen molar-refractivity contribution in [3.8, 4) is 0 Å². The van der Waals surface area contributed by atoms with E-state index in [0.717, 1.165) is 183 Å². The highest BCUT2D eigenvalue weighted by Crippen LogP contribution is 2.37. The van der Waals surface area contributed by atoms with Crippen LogP contribution in [-0.2, 0) is 70.1 Å². The van der Waals surface area contributed by atoms with Crippen LogP contribution < -0.4 is 0 Å². The molecular formula is C61H108O13. The third-order valence-corrected chi connectivity index (χ3v) is 17.4. The molecule has 74 heavy (non-hydrogen) atoms. The lowest BCUT2D eigenvalue weighted by atomic mass is 9.83. The number of aliphatic hydroxyl groups excluding tert-OH is 1. The van der Waals surface area contributed by atoms with Crippen LogP contribution in [0.4, 0.5) is 0 Å². The van der Waals surface area contributed by atoms with Crippen LogP contribution in [0.15, 0.2) is 36.9 Å². The van der Waals surface area contributed by atoms with Gasteiger partial charge in [0, 0.05) is 44.5 Å². The molecule has 430 valence electrons. The van der Waals surface area contributed by atoms with Gasteiger partial charge in [-0.2, -0.15) is 0 Å². The van der Waals surface area contributed by atoms with Gasteiger partial charge in [-0.05, 0) is 68.4 Å². The Balaban J connectivity index is 0.000000210. The predicted molar refractivity (Wildman–Crippen MR) is 294 cm³/mol. The molecule has 7 saturated heterocycles. The highest BCUT2D eigenvalue weighted by atomic mass is 16.5. The molecule has 7 aliphatic heterocycles. The van der Waals surface area contributed by atoms with Crippen LogP contribution in [0.5, 0.6) is 0 Å². The summed E-state index contributed by atoms with van der Waals surface area (Å²) in [6.07, 6.45) is 14.9. The number of unbranched alkanes of at least 4 members (excludes halogenated alkanes) is 1. The molecule has 7 aliphatic rings. The zero-order valence-corrected chi connectivity index (χ0v) is 48.5. The summed E-state index contributed by atoms with van der Waals surface area (Å²) in [5.74, 6) is 0.759. The second-order valence-corrected chi connectivity index (χ2v) is 23.6. The summed E-state index contributed by atoms with van der Waals surface area (Å²) in [4.78, 5) is 0. The zero-order valence-electron chi connectivity index (χ0n) is 48.5. The normalized spacial score (nSPS) is 22.5. The molecule has 8 rings (SSSR count). The first-order chi connectivity index (χ1) is 35.9. The molecule has 1 atom stereocenters. The molecule has 0 bridgehead atoms. The largest absolute Gasteiger partial charge is 0.396 e. The first kappa shape index (κ1) is 65.0. The van der Waals surface area contributed by atoms with Crippen molar-refractivity contribution in [2.24, 2.45) is 43.8 Å². The van der Waals surface area contributed by atoms with Gasteiger partial charge < -0.3 is 61.9 Å². The molecular weight excluding hydrogens is 941 g/mol. The fourth-order valence-electron chi connectivity index (χ4n) is 9.16. The van der Waals surface area contributed by atoms with Crippen LogP contribution in [0.25, 0.3) is 0 Å². The summed E-state index contributed by atoms with van der Waals surface area (Å²) in [6, 6.07) is 8.54. The van der Waals surface area contributed by atoms with Gasteiger partial charge in [0.25, 0.3) is 0 Å². The van der Waals surface area contributed by atoms with E-state index in [9.17, 15) is 0 Å². The summed E-state index contributed by atoms with van der Waals surface area (Å²) in [7, 11) is 0. The van der Waals surface area contributed by atoms with Gasteiger partial charge in [-0.3, -0.25) is 0 Å². The molecule has 13 heteroatoms. The molecule has 0 aliphatic carbocycles. The third kappa shape index (κ3) is 20.3. The first-order valence-electron chi connectivity index (χ1n) is 29.1. The van der Waals surface area contributed by atoms with Crippen LogP contribution >= 0.6 is 0 Å². The van der Waals surface area contributed by atoms with Gasteiger partial charge >= 0.3 is 0 Å². The fourth-order valence-corrected chi connectivity index (χ4v) is 9.16. The lowest BCUT2D eigenvalue weighted by molar-refractivity contribution is -0.187. The lowest BCUT2D eigenvalue weighted by Crippen LogP contribution is -2.49. The molecule has 0 aromatic heterocycles. The molecule has 1 N–H and O–H groups in total. The number of rotatable bonds is 32. The Labute approximate surface area is 450 Å². The van der Waals surface area contributed by atoms with Crippen LogP contribution in [0.1, 0.15) is 144 Å². The summed E-state index contributed by atoms with van der Waals surface area (Å²) in [5.41, 5.74) is 4.39. The number of aliphatic hydroxyl groups is 1. The maximum absolute atomic E-state index is 8.76. The molecule has 0 saturated carbocycles. The van der Waals surface area contributed by atoms with E-state index in [2.05, 4.69) is 93.2 Å². The highest BCUT2D eigenvalue weighted by Gasteiger charge is 2.42. The predicted octanol–water partition coefficient (Wildman–Crippen LogP) is 11.1. The molecule has 0 radical (unpaired) electrons. The summed E-state index contributed by atoms with van der Waals surface area (Å²) in [6.45, 7) is 43.5. The number of hydrogen-bond donors (Lipinski definition) is 1. The van der Waals surface area contributed by atoms with Crippen molar-refractivity contribution in [2.45, 2.75) is 146 Å². The highest BCUT2D eigenvalue weighted by molar-refractivity contribution is 5.21. The lowest BCUT2D eigenvalue weighted by Gasteiger charge is -2.44. The van der Waals surface area contributed by atoms with E-state index in [1.54, 1.807) is 6.08 Å². The Morgan fingerprint density at radius 3 is 0.973 bits per heavy atom. The van der Waals surface area contributed by atoms with Crippen molar-refractivity contribution in [2.75, 3.05) is 152 Å². The standard InChI is InChI=1S/C20H30O4.C14H28O2.C12H22O3.C9H16O2.C6H12O2/c1-3-19(13-23-14-19)11-21-9-17-5-7-18(8-6-17)10-22-12-20(4-2)15-24-16-20;1-4-7-8-13(5-2)9-15-10-14(6-3)11-16-12-14;1-3-11(5-13-6-11)9-15-10-12(4-2)7-14-8-12;1-3-5-10-6-9(4-2)7-11-8-9;1-2-6(3-7)4-8-5-6/h5-8H,3-4,9-16H2,1-2H3;13H,4-12H2,1-3H3;3-10H2,1-2H3;3H,1,4-8H2,2H3;7H,2-5H2,1H3.